The maximum Gasteiger partial charge on any atom is 0.274 e. The summed E-state index contributed by atoms with van der Waals surface area (Å²) in [5, 5.41) is 7.21. The van der Waals surface area contributed by atoms with Crippen LogP contribution in [0.5, 0.6) is 0 Å². The molecule has 98 valence electrons. The summed E-state index contributed by atoms with van der Waals surface area (Å²) in [5.41, 5.74) is 8.79. The van der Waals surface area contributed by atoms with Crippen LogP contribution < -0.4 is 5.73 Å². The van der Waals surface area contributed by atoms with Crippen LogP contribution in [0, 0.1) is 5.41 Å². The smallest absolute Gasteiger partial charge is 0.274 e. The summed E-state index contributed by atoms with van der Waals surface area (Å²) in [6, 6.07) is 0. The molecule has 1 aromatic rings. The van der Waals surface area contributed by atoms with Gasteiger partial charge in [-0.25, -0.2) is 0 Å². The third kappa shape index (κ3) is 1.73. The molecule has 2 aliphatic rings. The van der Waals surface area contributed by atoms with Gasteiger partial charge in [0.25, 0.3) is 5.91 Å². The number of nitrogens with zero attached hydrogens (tertiary/aromatic N) is 2. The summed E-state index contributed by atoms with van der Waals surface area (Å²) >= 11 is 0. The van der Waals surface area contributed by atoms with Crippen molar-refractivity contribution in [3.8, 4) is 0 Å². The molecule has 1 saturated heterocycles. The highest BCUT2D eigenvalue weighted by Gasteiger charge is 2.37. The van der Waals surface area contributed by atoms with Gasteiger partial charge in [0, 0.05) is 24.3 Å². The Morgan fingerprint density at radius 1 is 1.56 bits per heavy atom. The molecular weight excluding hydrogens is 228 g/mol. The highest BCUT2D eigenvalue weighted by molar-refractivity contribution is 5.94. The van der Waals surface area contributed by atoms with E-state index in [2.05, 4.69) is 17.1 Å². The number of fused-ring (bicyclic) bond motifs is 1. The Labute approximate surface area is 107 Å². The zero-order valence-corrected chi connectivity index (χ0v) is 10.8. The largest absolute Gasteiger partial charge is 0.337 e. The summed E-state index contributed by atoms with van der Waals surface area (Å²) in [6.07, 6.45) is 4.12. The number of carbonyl (C=O) groups excluding carboxylic acids is 1. The highest BCUT2D eigenvalue weighted by atomic mass is 16.2. The predicted molar refractivity (Wildman–Crippen MR) is 68.3 cm³/mol. The van der Waals surface area contributed by atoms with Gasteiger partial charge in [0.1, 0.15) is 0 Å². The molecule has 3 rings (SSSR count). The Bertz CT molecular complexity index is 481. The molecule has 5 heteroatoms. The minimum Gasteiger partial charge on any atom is -0.337 e. The van der Waals surface area contributed by atoms with E-state index in [-0.39, 0.29) is 11.3 Å². The quantitative estimate of drug-likeness (QED) is 0.809. The zero-order valence-electron chi connectivity index (χ0n) is 10.8. The van der Waals surface area contributed by atoms with Gasteiger partial charge in [-0.15, -0.1) is 0 Å². The normalized spacial score (nSPS) is 26.7. The van der Waals surface area contributed by atoms with E-state index in [1.165, 1.54) is 0 Å². The van der Waals surface area contributed by atoms with Gasteiger partial charge < -0.3 is 10.6 Å². The van der Waals surface area contributed by atoms with Crippen LogP contribution in [0.15, 0.2) is 0 Å². The molecule has 1 aromatic heterocycles. The number of nitrogens with one attached hydrogen (secondary N) is 1. The van der Waals surface area contributed by atoms with E-state index in [9.17, 15) is 4.79 Å². The standard InChI is InChI=1S/C13H20N4O/c1-13(7-14)5-6-17(8-13)12(18)11-9-3-2-4-10(9)15-16-11/h2-8,14H2,1H3,(H,15,16). The SMILES string of the molecule is CC1(CN)CCN(C(=O)c2n[nH]c3c2CCC3)C1. The monoisotopic (exact) mass is 248 g/mol. The molecule has 1 atom stereocenters. The van der Waals surface area contributed by atoms with Gasteiger partial charge >= 0.3 is 0 Å². The lowest BCUT2D eigenvalue weighted by Crippen LogP contribution is -2.35. The number of rotatable bonds is 2. The van der Waals surface area contributed by atoms with E-state index in [1.807, 2.05) is 4.90 Å². The number of aryl methyl sites for hydroxylation is 1. The second-order valence-electron chi connectivity index (χ2n) is 5.87. The molecule has 5 nitrogen and oxygen atoms in total. The molecule has 2 heterocycles. The summed E-state index contributed by atoms with van der Waals surface area (Å²) in [5.74, 6) is 0.0755. The van der Waals surface area contributed by atoms with Crippen molar-refractivity contribution in [3.63, 3.8) is 0 Å². The van der Waals surface area contributed by atoms with Gasteiger partial charge in [-0.05, 0) is 37.6 Å². The first-order valence-corrected chi connectivity index (χ1v) is 6.68. The second-order valence-corrected chi connectivity index (χ2v) is 5.87. The van der Waals surface area contributed by atoms with Crippen molar-refractivity contribution in [2.24, 2.45) is 11.1 Å². The summed E-state index contributed by atoms with van der Waals surface area (Å²) in [4.78, 5) is 14.4. The summed E-state index contributed by atoms with van der Waals surface area (Å²) < 4.78 is 0. The van der Waals surface area contributed by atoms with Gasteiger partial charge in [-0.3, -0.25) is 9.89 Å². The van der Waals surface area contributed by atoms with E-state index in [0.29, 0.717) is 12.2 Å². The lowest BCUT2D eigenvalue weighted by atomic mass is 9.90. The van der Waals surface area contributed by atoms with Crippen molar-refractivity contribution in [3.05, 3.63) is 17.0 Å². The summed E-state index contributed by atoms with van der Waals surface area (Å²) in [7, 11) is 0. The molecule has 0 bridgehead atoms. The fourth-order valence-corrected chi connectivity index (χ4v) is 3.01. The van der Waals surface area contributed by atoms with Gasteiger partial charge in [-0.1, -0.05) is 6.92 Å². The fraction of sp³-hybridized carbons (Fsp3) is 0.692. The van der Waals surface area contributed by atoms with Crippen molar-refractivity contribution in [2.45, 2.75) is 32.6 Å². The van der Waals surface area contributed by atoms with Gasteiger partial charge in [-0.2, -0.15) is 5.10 Å². The van der Waals surface area contributed by atoms with Gasteiger partial charge in [0.2, 0.25) is 0 Å². The van der Waals surface area contributed by atoms with Crippen molar-refractivity contribution < 1.29 is 4.79 Å². The number of likely N-dealkylation sites (tertiary alicyclic amines) is 1. The molecule has 1 aliphatic heterocycles. The van der Waals surface area contributed by atoms with Crippen LogP contribution in [0.2, 0.25) is 0 Å². The molecule has 0 saturated carbocycles. The van der Waals surface area contributed by atoms with Gasteiger partial charge in [0.05, 0.1) is 0 Å². The molecule has 18 heavy (non-hydrogen) atoms. The van der Waals surface area contributed by atoms with Crippen LogP contribution in [0.4, 0.5) is 0 Å². The van der Waals surface area contributed by atoms with Crippen LogP contribution in [0.3, 0.4) is 0 Å². The lowest BCUT2D eigenvalue weighted by molar-refractivity contribution is 0.0770. The van der Waals surface area contributed by atoms with Gasteiger partial charge in [0.15, 0.2) is 5.69 Å². The first-order valence-electron chi connectivity index (χ1n) is 6.68. The number of nitrogens with two attached hydrogens (primary N) is 1. The molecular formula is C13H20N4O. The zero-order chi connectivity index (χ0) is 12.8. The maximum absolute atomic E-state index is 12.5. The molecule has 1 aliphatic carbocycles. The Balaban J connectivity index is 1.79. The van der Waals surface area contributed by atoms with E-state index in [4.69, 9.17) is 5.73 Å². The highest BCUT2D eigenvalue weighted by Crippen LogP contribution is 2.31. The van der Waals surface area contributed by atoms with Crippen LogP contribution in [-0.4, -0.2) is 40.6 Å². The van der Waals surface area contributed by atoms with Crippen molar-refractivity contribution in [1.29, 1.82) is 0 Å². The van der Waals surface area contributed by atoms with E-state index >= 15 is 0 Å². The molecule has 1 unspecified atom stereocenters. The average Bonchev–Trinajstić information content (AvgIpc) is 3.02. The number of aromatic nitrogens is 2. The number of H-pyrrole nitrogens is 1. The molecule has 1 fully saturated rings. The van der Waals surface area contributed by atoms with Crippen molar-refractivity contribution in [2.75, 3.05) is 19.6 Å². The van der Waals surface area contributed by atoms with E-state index < -0.39 is 0 Å². The maximum atomic E-state index is 12.5. The topological polar surface area (TPSA) is 75.0 Å². The predicted octanol–water partition coefficient (Wildman–Crippen LogP) is 0.709. The first kappa shape index (κ1) is 11.7. The molecule has 0 spiro atoms. The molecule has 3 N–H and O–H groups in total. The Morgan fingerprint density at radius 3 is 3.11 bits per heavy atom. The van der Waals surface area contributed by atoms with Crippen LogP contribution in [0.1, 0.15) is 41.5 Å². The Hall–Kier alpha value is -1.36. The Morgan fingerprint density at radius 2 is 2.39 bits per heavy atom. The van der Waals surface area contributed by atoms with Crippen LogP contribution in [-0.2, 0) is 12.8 Å². The molecule has 0 aromatic carbocycles. The Kier molecular flexibility index (Phi) is 2.66. The van der Waals surface area contributed by atoms with Crippen LogP contribution in [0.25, 0.3) is 0 Å². The third-order valence-electron chi connectivity index (χ3n) is 4.35. The van der Waals surface area contributed by atoms with E-state index in [0.717, 1.165) is 50.0 Å². The third-order valence-corrected chi connectivity index (χ3v) is 4.35. The van der Waals surface area contributed by atoms with Crippen molar-refractivity contribution in [1.82, 2.24) is 15.1 Å². The minimum absolute atomic E-state index is 0.0755. The minimum atomic E-state index is 0.0755. The van der Waals surface area contributed by atoms with E-state index in [1.54, 1.807) is 0 Å². The lowest BCUT2D eigenvalue weighted by Gasteiger charge is -2.22. The number of amides is 1. The fourth-order valence-electron chi connectivity index (χ4n) is 3.01. The average molecular weight is 248 g/mol. The summed E-state index contributed by atoms with van der Waals surface area (Å²) in [6.45, 7) is 4.34. The number of carbonyl (C=O) groups is 1. The number of hydrogen-bond donors (Lipinski definition) is 2. The first-order chi connectivity index (χ1) is 8.63. The van der Waals surface area contributed by atoms with Crippen molar-refractivity contribution >= 4 is 5.91 Å². The second kappa shape index (κ2) is 4.09. The number of hydrogen-bond acceptors (Lipinski definition) is 3. The number of aromatic amines is 1. The molecule has 1 amide bonds. The van der Waals surface area contributed by atoms with Crippen LogP contribution >= 0.6 is 0 Å². The molecule has 0 radical (unpaired) electrons.